The van der Waals surface area contributed by atoms with Crippen molar-refractivity contribution in [1.82, 2.24) is 0 Å². The summed E-state index contributed by atoms with van der Waals surface area (Å²) in [5.74, 6) is 0. The fourth-order valence-corrected chi connectivity index (χ4v) is 9.28. The first kappa shape index (κ1) is 36.5. The van der Waals surface area contributed by atoms with Gasteiger partial charge in [0.25, 0.3) is 0 Å². The Morgan fingerprint density at radius 1 is 0.238 bits per heavy atom. The molecule has 0 bridgehead atoms. The zero-order valence-corrected chi connectivity index (χ0v) is 34.3. The SMILES string of the molecule is c1ccc(-c2ccccc2-c2ccccc2-c2ccccc2N(c2ccc(-c3ccc4oc5ccccc5c4c3)cc2)c2ccc(-c3ccc4oc5ccccc5c4c3)cc2)cc1. The predicted molar refractivity (Wildman–Crippen MR) is 263 cm³/mol. The van der Waals surface area contributed by atoms with E-state index in [0.717, 1.165) is 94.3 Å². The second-order valence-corrected chi connectivity index (χ2v) is 16.0. The first-order valence-corrected chi connectivity index (χ1v) is 21.4. The molecule has 296 valence electrons. The number of para-hydroxylation sites is 3. The molecule has 0 aliphatic rings. The number of benzene rings is 10. The molecule has 0 amide bonds. The quantitative estimate of drug-likeness (QED) is 0.153. The summed E-state index contributed by atoms with van der Waals surface area (Å²) in [7, 11) is 0. The summed E-state index contributed by atoms with van der Waals surface area (Å²) < 4.78 is 12.3. The van der Waals surface area contributed by atoms with Crippen LogP contribution in [0.5, 0.6) is 0 Å². The number of hydrogen-bond donors (Lipinski definition) is 0. The molecule has 0 spiro atoms. The van der Waals surface area contributed by atoms with Crippen LogP contribution in [0.25, 0.3) is 99.5 Å². The van der Waals surface area contributed by atoms with Crippen LogP contribution in [0.15, 0.2) is 245 Å². The third kappa shape index (κ3) is 6.46. The van der Waals surface area contributed by atoms with E-state index >= 15 is 0 Å². The normalized spacial score (nSPS) is 11.5. The Morgan fingerprint density at radius 3 is 1.16 bits per heavy atom. The monoisotopic (exact) mass is 805 g/mol. The van der Waals surface area contributed by atoms with E-state index in [1.807, 2.05) is 24.3 Å². The van der Waals surface area contributed by atoms with Crippen molar-refractivity contribution in [2.75, 3.05) is 4.90 Å². The Morgan fingerprint density at radius 2 is 0.619 bits per heavy atom. The third-order valence-corrected chi connectivity index (χ3v) is 12.3. The van der Waals surface area contributed by atoms with Crippen molar-refractivity contribution < 1.29 is 8.83 Å². The summed E-state index contributed by atoms with van der Waals surface area (Å²) in [6.07, 6.45) is 0. The number of nitrogens with zero attached hydrogens (tertiary/aromatic N) is 1. The smallest absolute Gasteiger partial charge is 0.135 e. The van der Waals surface area contributed by atoms with Gasteiger partial charge in [0.2, 0.25) is 0 Å². The Kier molecular flexibility index (Phi) is 8.83. The van der Waals surface area contributed by atoms with Gasteiger partial charge in [-0.25, -0.2) is 0 Å². The molecule has 10 aromatic carbocycles. The van der Waals surface area contributed by atoms with Crippen molar-refractivity contribution in [3.05, 3.63) is 237 Å². The zero-order valence-electron chi connectivity index (χ0n) is 34.3. The fraction of sp³-hybridized carbons (Fsp3) is 0. The van der Waals surface area contributed by atoms with Gasteiger partial charge >= 0.3 is 0 Å². The van der Waals surface area contributed by atoms with Gasteiger partial charge in [0.1, 0.15) is 22.3 Å². The standard InChI is InChI=1S/C60H39NO2/c1-2-14-42(15-3-1)47-16-4-5-17-48(47)49-18-6-7-19-50(49)51-20-8-11-23-56(51)61(45-32-26-40(27-33-45)43-30-36-59-54(38-43)52-21-9-12-24-57(52)62-59)46-34-28-41(29-35-46)44-31-37-60-55(39-44)53-22-10-13-25-58(53)63-60/h1-39H. The lowest BCUT2D eigenvalue weighted by atomic mass is 9.88. The fourth-order valence-electron chi connectivity index (χ4n) is 9.28. The minimum absolute atomic E-state index is 0.896. The van der Waals surface area contributed by atoms with E-state index in [1.165, 1.54) is 22.3 Å². The van der Waals surface area contributed by atoms with E-state index in [-0.39, 0.29) is 0 Å². The highest BCUT2D eigenvalue weighted by Crippen LogP contribution is 2.46. The van der Waals surface area contributed by atoms with Gasteiger partial charge < -0.3 is 13.7 Å². The van der Waals surface area contributed by atoms with E-state index in [4.69, 9.17) is 8.83 Å². The predicted octanol–water partition coefficient (Wildman–Crippen LogP) is 17.3. The van der Waals surface area contributed by atoms with Crippen LogP contribution in [0.1, 0.15) is 0 Å². The molecule has 12 rings (SSSR count). The van der Waals surface area contributed by atoms with Crippen molar-refractivity contribution in [3.8, 4) is 55.6 Å². The second-order valence-electron chi connectivity index (χ2n) is 16.0. The van der Waals surface area contributed by atoms with Crippen molar-refractivity contribution in [2.24, 2.45) is 0 Å². The molecule has 0 unspecified atom stereocenters. The van der Waals surface area contributed by atoms with Gasteiger partial charge in [0.05, 0.1) is 5.69 Å². The van der Waals surface area contributed by atoms with Gasteiger partial charge in [-0.2, -0.15) is 0 Å². The molecule has 0 fully saturated rings. The maximum Gasteiger partial charge on any atom is 0.135 e. The molecule has 0 atom stereocenters. The Labute approximate surface area is 365 Å². The summed E-state index contributed by atoms with van der Waals surface area (Å²) in [4.78, 5) is 2.39. The maximum atomic E-state index is 6.16. The lowest BCUT2D eigenvalue weighted by Crippen LogP contribution is -2.11. The van der Waals surface area contributed by atoms with Crippen LogP contribution >= 0.6 is 0 Å². The molecule has 12 aromatic rings. The first-order valence-electron chi connectivity index (χ1n) is 21.4. The summed E-state index contributed by atoms with van der Waals surface area (Å²) in [5, 5.41) is 4.50. The van der Waals surface area contributed by atoms with Crippen molar-refractivity contribution in [3.63, 3.8) is 0 Å². The lowest BCUT2D eigenvalue weighted by molar-refractivity contribution is 0.668. The molecule has 0 radical (unpaired) electrons. The van der Waals surface area contributed by atoms with Crippen LogP contribution in [-0.2, 0) is 0 Å². The first-order chi connectivity index (χ1) is 31.2. The molecular weight excluding hydrogens is 767 g/mol. The zero-order chi connectivity index (χ0) is 41.7. The molecular formula is C60H39NO2. The van der Waals surface area contributed by atoms with Gasteiger partial charge in [0, 0.05) is 38.5 Å². The third-order valence-electron chi connectivity index (χ3n) is 12.3. The Balaban J connectivity index is 0.990. The highest BCUT2D eigenvalue weighted by Gasteiger charge is 2.21. The van der Waals surface area contributed by atoms with Crippen molar-refractivity contribution in [1.29, 1.82) is 0 Å². The second kappa shape index (κ2) is 15.3. The van der Waals surface area contributed by atoms with E-state index in [2.05, 4.69) is 217 Å². The number of rotatable bonds is 8. The lowest BCUT2D eigenvalue weighted by Gasteiger charge is -2.29. The molecule has 3 heteroatoms. The van der Waals surface area contributed by atoms with Gasteiger partial charge in [0.15, 0.2) is 0 Å². The highest BCUT2D eigenvalue weighted by atomic mass is 16.3. The van der Waals surface area contributed by atoms with Crippen LogP contribution in [0.2, 0.25) is 0 Å². The van der Waals surface area contributed by atoms with Crippen LogP contribution in [0, 0.1) is 0 Å². The summed E-state index contributed by atoms with van der Waals surface area (Å²) in [6, 6.07) is 84.4. The molecule has 2 heterocycles. The topological polar surface area (TPSA) is 29.5 Å². The number of hydrogen-bond acceptors (Lipinski definition) is 3. The van der Waals surface area contributed by atoms with E-state index in [9.17, 15) is 0 Å². The summed E-state index contributed by atoms with van der Waals surface area (Å²) in [5.41, 5.74) is 18.4. The van der Waals surface area contributed by atoms with Crippen LogP contribution in [0.3, 0.4) is 0 Å². The molecule has 3 nitrogen and oxygen atoms in total. The van der Waals surface area contributed by atoms with Gasteiger partial charge in [-0.1, -0.05) is 170 Å². The van der Waals surface area contributed by atoms with Crippen LogP contribution < -0.4 is 4.90 Å². The number of furan rings is 2. The van der Waals surface area contributed by atoms with Gasteiger partial charge in [-0.05, 0) is 117 Å². The molecule has 0 saturated carbocycles. The molecule has 0 N–H and O–H groups in total. The van der Waals surface area contributed by atoms with Crippen molar-refractivity contribution >= 4 is 60.9 Å². The number of anilines is 3. The molecule has 0 aliphatic carbocycles. The maximum absolute atomic E-state index is 6.16. The van der Waals surface area contributed by atoms with Gasteiger partial charge in [-0.3, -0.25) is 0 Å². The summed E-state index contributed by atoms with van der Waals surface area (Å²) in [6.45, 7) is 0. The molecule has 0 aliphatic heterocycles. The van der Waals surface area contributed by atoms with Gasteiger partial charge in [-0.15, -0.1) is 0 Å². The molecule has 63 heavy (non-hydrogen) atoms. The largest absolute Gasteiger partial charge is 0.456 e. The average Bonchev–Trinajstić information content (AvgIpc) is 3.93. The van der Waals surface area contributed by atoms with Crippen LogP contribution in [0.4, 0.5) is 17.1 Å². The van der Waals surface area contributed by atoms with E-state index in [0.29, 0.717) is 0 Å². The summed E-state index contributed by atoms with van der Waals surface area (Å²) >= 11 is 0. The van der Waals surface area contributed by atoms with E-state index in [1.54, 1.807) is 0 Å². The highest BCUT2D eigenvalue weighted by molar-refractivity contribution is 6.07. The van der Waals surface area contributed by atoms with E-state index < -0.39 is 0 Å². The Bertz CT molecular complexity index is 3460. The van der Waals surface area contributed by atoms with Crippen LogP contribution in [-0.4, -0.2) is 0 Å². The molecule has 0 saturated heterocycles. The molecule has 2 aromatic heterocycles. The number of fused-ring (bicyclic) bond motifs is 6. The average molecular weight is 806 g/mol. The van der Waals surface area contributed by atoms with Crippen molar-refractivity contribution in [2.45, 2.75) is 0 Å². The minimum Gasteiger partial charge on any atom is -0.456 e. The minimum atomic E-state index is 0.896. The Hall–Kier alpha value is -8.40.